The van der Waals surface area contributed by atoms with E-state index >= 15 is 0 Å². The molecular formula is C30H38ClN5O3. The lowest BCUT2D eigenvalue weighted by molar-refractivity contribution is -0.133. The highest BCUT2D eigenvalue weighted by Gasteiger charge is 2.41. The molecule has 2 atom stereocenters. The van der Waals surface area contributed by atoms with Gasteiger partial charge in [0.05, 0.1) is 5.56 Å². The Balaban J connectivity index is 1.16. The number of amides is 3. The van der Waals surface area contributed by atoms with Gasteiger partial charge >= 0.3 is 0 Å². The minimum atomic E-state index is -0.0878. The molecule has 2 unspecified atom stereocenters. The number of pyridine rings is 1. The number of carbonyl (C=O) groups excluding carboxylic acids is 3. The number of likely N-dealkylation sites (tertiary alicyclic amines) is 3. The second kappa shape index (κ2) is 12.0. The highest BCUT2D eigenvalue weighted by atomic mass is 35.5. The lowest BCUT2D eigenvalue weighted by Crippen LogP contribution is -2.44. The molecule has 3 aliphatic rings. The molecule has 1 aromatic carbocycles. The third-order valence-corrected chi connectivity index (χ3v) is 9.04. The number of aromatic nitrogens is 1. The first-order chi connectivity index (χ1) is 18.8. The number of carbonyl (C=O) groups is 3. The summed E-state index contributed by atoms with van der Waals surface area (Å²) < 4.78 is 0. The fourth-order valence-electron chi connectivity index (χ4n) is 6.34. The van der Waals surface area contributed by atoms with Crippen molar-refractivity contribution in [2.75, 3.05) is 57.3 Å². The molecule has 3 fully saturated rings. The van der Waals surface area contributed by atoms with Crippen molar-refractivity contribution in [2.45, 2.75) is 33.1 Å². The molecule has 0 radical (unpaired) electrons. The molecule has 2 aromatic rings. The summed E-state index contributed by atoms with van der Waals surface area (Å²) in [6, 6.07) is 9.48. The lowest BCUT2D eigenvalue weighted by Gasteiger charge is -2.34. The number of hydrogen-bond donors (Lipinski definition) is 0. The van der Waals surface area contributed by atoms with Gasteiger partial charge < -0.3 is 19.6 Å². The molecule has 3 aliphatic heterocycles. The highest BCUT2D eigenvalue weighted by molar-refractivity contribution is 6.31. The maximum atomic E-state index is 13.7. The van der Waals surface area contributed by atoms with Crippen LogP contribution in [0.15, 0.2) is 42.7 Å². The summed E-state index contributed by atoms with van der Waals surface area (Å²) in [5.41, 5.74) is 2.48. The van der Waals surface area contributed by atoms with Crippen molar-refractivity contribution in [3.8, 4) is 0 Å². The topological polar surface area (TPSA) is 77.1 Å². The van der Waals surface area contributed by atoms with E-state index in [1.165, 1.54) is 0 Å². The number of rotatable bonds is 7. The van der Waals surface area contributed by atoms with E-state index in [9.17, 15) is 14.4 Å². The Morgan fingerprint density at radius 2 is 1.74 bits per heavy atom. The van der Waals surface area contributed by atoms with E-state index in [1.54, 1.807) is 25.4 Å². The van der Waals surface area contributed by atoms with E-state index in [4.69, 9.17) is 11.6 Å². The normalized spacial score (nSPS) is 21.7. The van der Waals surface area contributed by atoms with Gasteiger partial charge in [0.25, 0.3) is 5.91 Å². The maximum absolute atomic E-state index is 13.7. The molecule has 3 amide bonds. The number of benzene rings is 1. The fraction of sp³-hybridized carbons (Fsp3) is 0.533. The van der Waals surface area contributed by atoms with E-state index in [-0.39, 0.29) is 23.6 Å². The molecule has 0 spiro atoms. The molecule has 4 heterocycles. The molecule has 0 saturated carbocycles. The summed E-state index contributed by atoms with van der Waals surface area (Å²) >= 11 is 6.45. The van der Waals surface area contributed by atoms with Crippen molar-refractivity contribution >= 4 is 35.0 Å². The Morgan fingerprint density at radius 1 is 1.03 bits per heavy atom. The van der Waals surface area contributed by atoms with Crippen LogP contribution >= 0.6 is 11.6 Å². The zero-order valence-electron chi connectivity index (χ0n) is 22.9. The quantitative estimate of drug-likeness (QED) is 0.524. The number of nitrogens with zero attached hydrogens (tertiary/aromatic N) is 5. The Kier molecular flexibility index (Phi) is 8.52. The van der Waals surface area contributed by atoms with Gasteiger partial charge in [0.15, 0.2) is 0 Å². The molecule has 8 nitrogen and oxygen atoms in total. The number of aryl methyl sites for hydroxylation is 1. The first-order valence-corrected chi connectivity index (χ1v) is 14.4. The molecular weight excluding hydrogens is 514 g/mol. The predicted molar refractivity (Wildman–Crippen MR) is 152 cm³/mol. The largest absolute Gasteiger partial charge is 0.343 e. The van der Waals surface area contributed by atoms with Gasteiger partial charge in [0, 0.05) is 81.8 Å². The average molecular weight is 552 g/mol. The van der Waals surface area contributed by atoms with Gasteiger partial charge in [-0.25, -0.2) is 0 Å². The molecule has 9 heteroatoms. The van der Waals surface area contributed by atoms with Crippen LogP contribution in [0, 0.1) is 24.7 Å². The minimum absolute atomic E-state index is 0.0722. The second-order valence-electron chi connectivity index (χ2n) is 11.3. The van der Waals surface area contributed by atoms with Crippen LogP contribution < -0.4 is 4.90 Å². The standard InChI is InChI=1S/C30H38ClN5O3/c1-21-6-7-27(15-28(21)31)36(30(39)23-8-13-34(14-9-23)22(2)37)12-4-11-33-17-25-19-35(20-26(25)18-33)29(38)24-5-3-10-32-16-24/h3,5-7,10,15-16,23,25-26H,4,8-9,11-14,17-20H2,1-2H3. The molecule has 5 rings (SSSR count). The van der Waals surface area contributed by atoms with E-state index in [0.29, 0.717) is 54.9 Å². The van der Waals surface area contributed by atoms with Gasteiger partial charge in [0.2, 0.25) is 11.8 Å². The molecule has 0 bridgehead atoms. The van der Waals surface area contributed by atoms with Crippen LogP contribution in [0.5, 0.6) is 0 Å². The van der Waals surface area contributed by atoms with Crippen LogP contribution in [0.25, 0.3) is 0 Å². The van der Waals surface area contributed by atoms with E-state index in [0.717, 1.165) is 50.4 Å². The number of hydrogen-bond acceptors (Lipinski definition) is 5. The summed E-state index contributed by atoms with van der Waals surface area (Å²) in [6.45, 7) is 9.90. The van der Waals surface area contributed by atoms with E-state index in [2.05, 4.69) is 9.88 Å². The van der Waals surface area contributed by atoms with Crippen molar-refractivity contribution in [1.29, 1.82) is 0 Å². The number of piperidine rings is 1. The molecule has 39 heavy (non-hydrogen) atoms. The van der Waals surface area contributed by atoms with Gasteiger partial charge in [-0.2, -0.15) is 0 Å². The van der Waals surface area contributed by atoms with Gasteiger partial charge in [-0.05, 0) is 74.4 Å². The smallest absolute Gasteiger partial charge is 0.255 e. The zero-order valence-corrected chi connectivity index (χ0v) is 23.6. The SMILES string of the molecule is CC(=O)N1CCC(C(=O)N(CCCN2CC3CN(C(=O)c4cccnc4)CC3C2)c2ccc(C)c(Cl)c2)CC1. The average Bonchev–Trinajstić information content (AvgIpc) is 3.52. The Labute approximate surface area is 235 Å². The summed E-state index contributed by atoms with van der Waals surface area (Å²) in [7, 11) is 0. The van der Waals surface area contributed by atoms with Crippen LogP contribution in [0.1, 0.15) is 42.1 Å². The van der Waals surface area contributed by atoms with Crippen molar-refractivity contribution in [3.63, 3.8) is 0 Å². The summed E-state index contributed by atoms with van der Waals surface area (Å²) in [5.74, 6) is 1.17. The molecule has 3 saturated heterocycles. The Bertz CT molecular complexity index is 1190. The number of fused-ring (bicyclic) bond motifs is 1. The maximum Gasteiger partial charge on any atom is 0.255 e. The summed E-state index contributed by atoms with van der Waals surface area (Å²) in [6.07, 6.45) is 5.58. The monoisotopic (exact) mass is 551 g/mol. The molecule has 1 aromatic heterocycles. The van der Waals surface area contributed by atoms with Gasteiger partial charge in [-0.1, -0.05) is 17.7 Å². The van der Waals surface area contributed by atoms with Crippen molar-refractivity contribution < 1.29 is 14.4 Å². The summed E-state index contributed by atoms with van der Waals surface area (Å²) in [5, 5.41) is 0.662. The predicted octanol–water partition coefficient (Wildman–Crippen LogP) is 3.73. The molecule has 208 valence electrons. The first kappa shape index (κ1) is 27.6. The third-order valence-electron chi connectivity index (χ3n) is 8.64. The van der Waals surface area contributed by atoms with Gasteiger partial charge in [0.1, 0.15) is 0 Å². The fourth-order valence-corrected chi connectivity index (χ4v) is 6.52. The second-order valence-corrected chi connectivity index (χ2v) is 11.7. The van der Waals surface area contributed by atoms with Crippen LogP contribution in [-0.4, -0.2) is 89.8 Å². The van der Waals surface area contributed by atoms with Crippen LogP contribution in [-0.2, 0) is 9.59 Å². The highest BCUT2D eigenvalue weighted by Crippen LogP contribution is 2.32. The minimum Gasteiger partial charge on any atom is -0.343 e. The summed E-state index contributed by atoms with van der Waals surface area (Å²) in [4.78, 5) is 50.6. The number of halogens is 1. The van der Waals surface area contributed by atoms with Gasteiger partial charge in [-0.3, -0.25) is 19.4 Å². The van der Waals surface area contributed by atoms with Gasteiger partial charge in [-0.15, -0.1) is 0 Å². The molecule has 0 aliphatic carbocycles. The van der Waals surface area contributed by atoms with Crippen molar-refractivity contribution in [2.24, 2.45) is 17.8 Å². The zero-order chi connectivity index (χ0) is 27.5. The Morgan fingerprint density at radius 3 is 2.36 bits per heavy atom. The Hall–Kier alpha value is -2.97. The van der Waals surface area contributed by atoms with Crippen LogP contribution in [0.4, 0.5) is 5.69 Å². The van der Waals surface area contributed by atoms with Crippen LogP contribution in [0.2, 0.25) is 5.02 Å². The van der Waals surface area contributed by atoms with Crippen LogP contribution in [0.3, 0.4) is 0 Å². The van der Waals surface area contributed by atoms with E-state index < -0.39 is 0 Å². The molecule has 0 N–H and O–H groups in total. The van der Waals surface area contributed by atoms with Crippen molar-refractivity contribution in [3.05, 3.63) is 58.9 Å². The third kappa shape index (κ3) is 6.28. The van der Waals surface area contributed by atoms with E-state index in [1.807, 2.05) is 45.9 Å². The van der Waals surface area contributed by atoms with Crippen molar-refractivity contribution in [1.82, 2.24) is 19.7 Å². The first-order valence-electron chi connectivity index (χ1n) is 14.0. The lowest BCUT2D eigenvalue weighted by atomic mass is 9.94. The number of anilines is 1.